The zero-order valence-corrected chi connectivity index (χ0v) is 25.7. The maximum atomic E-state index is 6.86. The number of rotatable bonds is 6. The Hall–Kier alpha value is -6.26. The fourth-order valence-electron chi connectivity index (χ4n) is 6.16. The SMILES string of the molecule is NC(=NC(=NCc1ccc2ccccc2c1)c1ccc(-c2ccccc2)cc1)c1cccc2oc3cc(-c4ccccc4)ccc3c12. The summed E-state index contributed by atoms with van der Waals surface area (Å²) in [6, 6.07) is 56.1. The van der Waals surface area contributed by atoms with Crippen LogP contribution in [0.5, 0.6) is 0 Å². The molecule has 47 heavy (non-hydrogen) atoms. The predicted octanol–water partition coefficient (Wildman–Crippen LogP) is 10.4. The average molecular weight is 606 g/mol. The van der Waals surface area contributed by atoms with Crippen LogP contribution >= 0.6 is 0 Å². The van der Waals surface area contributed by atoms with Crippen LogP contribution in [0, 0.1) is 0 Å². The molecule has 0 atom stereocenters. The minimum Gasteiger partial charge on any atom is -0.456 e. The van der Waals surface area contributed by atoms with Crippen LogP contribution in [0.4, 0.5) is 0 Å². The zero-order chi connectivity index (χ0) is 31.6. The van der Waals surface area contributed by atoms with E-state index in [1.165, 1.54) is 10.8 Å². The van der Waals surface area contributed by atoms with Gasteiger partial charge in [-0.1, -0.05) is 140 Å². The first-order chi connectivity index (χ1) is 23.2. The van der Waals surface area contributed by atoms with E-state index in [1.807, 2.05) is 54.6 Å². The third-order valence-electron chi connectivity index (χ3n) is 8.58. The Kier molecular flexibility index (Phi) is 7.37. The molecule has 0 aliphatic heterocycles. The monoisotopic (exact) mass is 605 g/mol. The van der Waals surface area contributed by atoms with Crippen LogP contribution in [0.2, 0.25) is 0 Å². The molecule has 0 bridgehead atoms. The molecule has 0 saturated carbocycles. The van der Waals surface area contributed by atoms with Gasteiger partial charge in [0.05, 0.1) is 6.54 Å². The number of furan rings is 1. The van der Waals surface area contributed by atoms with E-state index in [0.29, 0.717) is 18.2 Å². The topological polar surface area (TPSA) is 63.9 Å². The van der Waals surface area contributed by atoms with Crippen LogP contribution in [0.15, 0.2) is 178 Å². The number of aliphatic imine (C=N–C) groups is 2. The van der Waals surface area contributed by atoms with E-state index in [4.69, 9.17) is 20.1 Å². The largest absolute Gasteiger partial charge is 0.456 e. The van der Waals surface area contributed by atoms with Gasteiger partial charge in [-0.3, -0.25) is 4.99 Å². The van der Waals surface area contributed by atoms with Crippen LogP contribution < -0.4 is 5.73 Å². The molecule has 0 fully saturated rings. The first-order valence-electron chi connectivity index (χ1n) is 15.7. The van der Waals surface area contributed by atoms with E-state index < -0.39 is 0 Å². The van der Waals surface area contributed by atoms with Crippen LogP contribution in [0.3, 0.4) is 0 Å². The van der Waals surface area contributed by atoms with Gasteiger partial charge < -0.3 is 10.2 Å². The van der Waals surface area contributed by atoms with E-state index in [9.17, 15) is 0 Å². The molecule has 0 aliphatic rings. The van der Waals surface area contributed by atoms with Crippen molar-refractivity contribution in [3.05, 3.63) is 180 Å². The lowest BCUT2D eigenvalue weighted by Crippen LogP contribution is -2.17. The van der Waals surface area contributed by atoms with Crippen LogP contribution in [-0.2, 0) is 6.54 Å². The second-order valence-electron chi connectivity index (χ2n) is 11.6. The van der Waals surface area contributed by atoms with Crippen molar-refractivity contribution in [1.29, 1.82) is 0 Å². The minimum atomic E-state index is 0.384. The van der Waals surface area contributed by atoms with E-state index in [1.54, 1.807) is 0 Å². The second-order valence-corrected chi connectivity index (χ2v) is 11.6. The fourth-order valence-corrected chi connectivity index (χ4v) is 6.16. The minimum absolute atomic E-state index is 0.384. The molecular weight excluding hydrogens is 574 g/mol. The zero-order valence-electron chi connectivity index (χ0n) is 25.7. The Morgan fingerprint density at radius 1 is 0.532 bits per heavy atom. The second kappa shape index (κ2) is 12.3. The molecule has 8 rings (SSSR count). The highest BCUT2D eigenvalue weighted by atomic mass is 16.3. The van der Waals surface area contributed by atoms with E-state index in [0.717, 1.165) is 60.9 Å². The lowest BCUT2D eigenvalue weighted by atomic mass is 10.0. The first-order valence-corrected chi connectivity index (χ1v) is 15.7. The van der Waals surface area contributed by atoms with Crippen molar-refractivity contribution in [2.45, 2.75) is 6.54 Å². The highest BCUT2D eigenvalue weighted by molar-refractivity contribution is 6.20. The molecule has 0 unspecified atom stereocenters. The summed E-state index contributed by atoms with van der Waals surface area (Å²) >= 11 is 0. The van der Waals surface area contributed by atoms with Gasteiger partial charge in [-0.05, 0) is 62.9 Å². The van der Waals surface area contributed by atoms with Crippen LogP contribution in [-0.4, -0.2) is 11.7 Å². The number of amidine groups is 2. The first kappa shape index (κ1) is 28.2. The van der Waals surface area contributed by atoms with Gasteiger partial charge in [0.15, 0.2) is 5.84 Å². The molecule has 0 aliphatic carbocycles. The Balaban J connectivity index is 1.20. The number of nitrogens with two attached hydrogens (primary N) is 1. The van der Waals surface area contributed by atoms with Gasteiger partial charge in [-0.2, -0.15) is 0 Å². The van der Waals surface area contributed by atoms with Crippen molar-refractivity contribution in [1.82, 2.24) is 0 Å². The maximum Gasteiger partial charge on any atom is 0.157 e. The molecule has 1 heterocycles. The number of benzene rings is 7. The highest BCUT2D eigenvalue weighted by Crippen LogP contribution is 2.34. The molecule has 7 aromatic carbocycles. The van der Waals surface area contributed by atoms with Crippen molar-refractivity contribution in [2.75, 3.05) is 0 Å². The molecule has 1 aromatic heterocycles. The van der Waals surface area contributed by atoms with E-state index >= 15 is 0 Å². The maximum absolute atomic E-state index is 6.86. The summed E-state index contributed by atoms with van der Waals surface area (Å²) < 4.78 is 6.35. The van der Waals surface area contributed by atoms with Crippen LogP contribution in [0.1, 0.15) is 16.7 Å². The molecule has 0 radical (unpaired) electrons. The Bertz CT molecular complexity index is 2420. The summed E-state index contributed by atoms with van der Waals surface area (Å²) in [4.78, 5) is 10.0. The van der Waals surface area contributed by atoms with E-state index in [2.05, 4.69) is 109 Å². The molecule has 0 saturated heterocycles. The van der Waals surface area contributed by atoms with Gasteiger partial charge in [-0.25, -0.2) is 4.99 Å². The van der Waals surface area contributed by atoms with Gasteiger partial charge in [-0.15, -0.1) is 0 Å². The highest BCUT2D eigenvalue weighted by Gasteiger charge is 2.15. The molecule has 0 amide bonds. The summed E-state index contributed by atoms with van der Waals surface area (Å²) in [5, 5.41) is 4.33. The van der Waals surface area contributed by atoms with Crippen molar-refractivity contribution < 1.29 is 4.42 Å². The molecule has 4 nitrogen and oxygen atoms in total. The average Bonchev–Trinajstić information content (AvgIpc) is 3.52. The number of hydrogen-bond donors (Lipinski definition) is 1. The Morgan fingerprint density at radius 3 is 1.96 bits per heavy atom. The quantitative estimate of drug-likeness (QED) is 0.151. The van der Waals surface area contributed by atoms with Crippen molar-refractivity contribution >= 4 is 44.4 Å². The van der Waals surface area contributed by atoms with Crippen molar-refractivity contribution in [2.24, 2.45) is 15.7 Å². The normalized spacial score (nSPS) is 12.3. The Labute approximate surface area is 273 Å². The Morgan fingerprint density at radius 2 is 1.19 bits per heavy atom. The lowest BCUT2D eigenvalue weighted by Gasteiger charge is -2.09. The van der Waals surface area contributed by atoms with E-state index in [-0.39, 0.29) is 0 Å². The lowest BCUT2D eigenvalue weighted by molar-refractivity contribution is 0.669. The number of hydrogen-bond acceptors (Lipinski definition) is 2. The predicted molar refractivity (Wildman–Crippen MR) is 196 cm³/mol. The molecule has 8 aromatic rings. The van der Waals surface area contributed by atoms with Gasteiger partial charge in [0.2, 0.25) is 0 Å². The number of fused-ring (bicyclic) bond motifs is 4. The fraction of sp³-hybridized carbons (Fsp3) is 0.0233. The smallest absolute Gasteiger partial charge is 0.157 e. The standard InChI is InChI=1S/C43H31N3O/c44-42(38-16-9-17-39-41(38)37-25-24-36(27-40(37)47-39)31-12-5-2-6-13-31)46-43(34-22-20-33(21-23-34)30-10-3-1-4-11-30)45-28-29-18-19-32-14-7-8-15-35(32)26-29/h1-27H,28H2,(H2,44,45,46). The van der Waals surface area contributed by atoms with Crippen LogP contribution in [0.25, 0.3) is 55.0 Å². The van der Waals surface area contributed by atoms with Gasteiger partial charge in [0.25, 0.3) is 0 Å². The van der Waals surface area contributed by atoms with Gasteiger partial charge in [0, 0.05) is 21.9 Å². The third-order valence-corrected chi connectivity index (χ3v) is 8.58. The summed E-state index contributed by atoms with van der Waals surface area (Å²) in [7, 11) is 0. The summed E-state index contributed by atoms with van der Waals surface area (Å²) in [5.74, 6) is 0.960. The van der Waals surface area contributed by atoms with Gasteiger partial charge in [0.1, 0.15) is 17.0 Å². The summed E-state index contributed by atoms with van der Waals surface area (Å²) in [6.07, 6.45) is 0. The van der Waals surface area contributed by atoms with Crippen molar-refractivity contribution in [3.63, 3.8) is 0 Å². The third kappa shape index (κ3) is 5.69. The summed E-state index contributed by atoms with van der Waals surface area (Å²) in [6.45, 7) is 0.471. The molecule has 224 valence electrons. The number of nitrogens with zero attached hydrogens (tertiary/aromatic N) is 2. The molecule has 4 heteroatoms. The van der Waals surface area contributed by atoms with Crippen molar-refractivity contribution in [3.8, 4) is 22.3 Å². The summed E-state index contributed by atoms with van der Waals surface area (Å²) in [5.41, 5.74) is 15.8. The molecule has 2 N–H and O–H groups in total. The molecular formula is C43H31N3O. The van der Waals surface area contributed by atoms with Gasteiger partial charge >= 0.3 is 0 Å². The molecule has 0 spiro atoms.